The quantitative estimate of drug-likeness (QED) is 0.147. The lowest BCUT2D eigenvalue weighted by Gasteiger charge is -2.44. The van der Waals surface area contributed by atoms with Crippen molar-refractivity contribution in [3.63, 3.8) is 0 Å². The Labute approximate surface area is 304 Å². The molecule has 2 bridgehead atoms. The van der Waals surface area contributed by atoms with Gasteiger partial charge in [-0.25, -0.2) is 23.4 Å². The van der Waals surface area contributed by atoms with Crippen LogP contribution in [0.15, 0.2) is 73.1 Å². The third kappa shape index (κ3) is 8.70. The lowest BCUT2D eigenvalue weighted by Crippen LogP contribution is -2.53. The minimum Gasteiger partial charge on any atom is -0.870 e. The van der Waals surface area contributed by atoms with Crippen LogP contribution in [0.25, 0.3) is 0 Å². The zero-order valence-electron chi connectivity index (χ0n) is 27.9. The first-order valence-corrected chi connectivity index (χ1v) is 16.9. The summed E-state index contributed by atoms with van der Waals surface area (Å²) in [5, 5.41) is 0.714. The third-order valence-electron chi connectivity index (χ3n) is 9.19. The van der Waals surface area contributed by atoms with Gasteiger partial charge in [0.15, 0.2) is 23.9 Å². The maximum absolute atomic E-state index is 15.1. The summed E-state index contributed by atoms with van der Waals surface area (Å²) < 4.78 is 52.4. The number of aromatic nitrogens is 1. The molecular weight excluding hydrogens is 707 g/mol. The van der Waals surface area contributed by atoms with E-state index in [1.807, 2.05) is 0 Å². The van der Waals surface area contributed by atoms with Gasteiger partial charge in [0.05, 0.1) is 32.0 Å². The fourth-order valence-electron chi connectivity index (χ4n) is 6.49. The van der Waals surface area contributed by atoms with Crippen LogP contribution in [0.5, 0.6) is 11.5 Å². The van der Waals surface area contributed by atoms with Crippen molar-refractivity contribution in [2.45, 2.75) is 38.0 Å². The smallest absolute Gasteiger partial charge is 0.415 e. The Morgan fingerprint density at radius 3 is 2.35 bits per heavy atom. The van der Waals surface area contributed by atoms with Gasteiger partial charge in [0.1, 0.15) is 33.9 Å². The molecule has 0 aliphatic carbocycles. The number of anilines is 1. The Morgan fingerprint density at radius 1 is 0.961 bits per heavy atom. The van der Waals surface area contributed by atoms with Crippen LogP contribution in [0, 0.1) is 17.6 Å². The number of amides is 1. The molecule has 3 saturated heterocycles. The second kappa shape index (κ2) is 16.7. The first-order valence-electron chi connectivity index (χ1n) is 16.1. The van der Waals surface area contributed by atoms with Crippen molar-refractivity contribution >= 4 is 41.0 Å². The molecule has 7 rings (SSSR count). The number of rotatable bonds is 11. The number of halogens is 4. The van der Waals surface area contributed by atoms with Crippen molar-refractivity contribution in [3.05, 3.63) is 117 Å². The molecule has 3 aliphatic heterocycles. The number of ether oxygens (including phenoxy) is 4. The molecule has 270 valence electrons. The number of hydrogen-bond donors (Lipinski definition) is 0. The van der Waals surface area contributed by atoms with E-state index in [1.165, 1.54) is 20.3 Å². The topological polar surface area (TPSA) is 122 Å². The molecule has 3 aromatic carbocycles. The van der Waals surface area contributed by atoms with Gasteiger partial charge in [-0.15, -0.1) is 0 Å². The molecule has 14 heteroatoms. The molecule has 2 atom stereocenters. The molecule has 4 heterocycles. The van der Waals surface area contributed by atoms with Gasteiger partial charge < -0.3 is 24.4 Å². The summed E-state index contributed by atoms with van der Waals surface area (Å²) in [7, 11) is 3.02. The first-order chi connectivity index (χ1) is 24.1. The van der Waals surface area contributed by atoms with Gasteiger partial charge in [-0.3, -0.25) is 9.80 Å². The summed E-state index contributed by atoms with van der Waals surface area (Å²) in [6, 6.07) is 14.5. The van der Waals surface area contributed by atoms with Crippen molar-refractivity contribution < 1.29 is 47.8 Å². The van der Waals surface area contributed by atoms with E-state index in [1.54, 1.807) is 48.8 Å². The molecule has 0 spiro atoms. The highest BCUT2D eigenvalue weighted by molar-refractivity contribution is 6.35. The molecule has 2 N–H and O–H groups in total. The minimum absolute atomic E-state index is 0. The van der Waals surface area contributed by atoms with Gasteiger partial charge in [0, 0.05) is 24.6 Å². The van der Waals surface area contributed by atoms with Gasteiger partial charge in [0.2, 0.25) is 0 Å². The highest BCUT2D eigenvalue weighted by atomic mass is 35.5. The van der Waals surface area contributed by atoms with Gasteiger partial charge in [-0.05, 0) is 79.4 Å². The zero-order chi connectivity index (χ0) is 35.4. The van der Waals surface area contributed by atoms with E-state index in [0.717, 1.165) is 49.0 Å². The van der Waals surface area contributed by atoms with E-state index >= 15 is 4.39 Å². The number of hydrogen-bond acceptors (Lipinski definition) is 8. The minimum atomic E-state index is -0.863. The Bertz CT molecular complexity index is 1860. The summed E-state index contributed by atoms with van der Waals surface area (Å²) in [4.78, 5) is 33.6. The molecule has 1 aromatic heterocycles. The summed E-state index contributed by atoms with van der Waals surface area (Å²) in [5.41, 5.74) is 1.50. The number of aromatic amines is 1. The zero-order valence-corrected chi connectivity index (χ0v) is 29.4. The van der Waals surface area contributed by atoms with Gasteiger partial charge in [0.25, 0.3) is 0 Å². The van der Waals surface area contributed by atoms with Crippen LogP contribution in [-0.4, -0.2) is 62.4 Å². The molecule has 51 heavy (non-hydrogen) atoms. The number of H-pyrrole nitrogens is 1. The van der Waals surface area contributed by atoms with Crippen molar-refractivity contribution in [3.8, 4) is 11.5 Å². The molecular formula is C37H37Cl2F2N3O7. The lowest BCUT2D eigenvalue weighted by molar-refractivity contribution is -0.377. The van der Waals surface area contributed by atoms with Crippen LogP contribution in [0.2, 0.25) is 10.0 Å². The number of carbonyl (C=O) groups excluding carboxylic acids is 2. The average molecular weight is 745 g/mol. The Balaban J connectivity index is 0.00000504. The Hall–Kier alpha value is -4.49. The standard InChI is InChI=1S/C37H35Cl2F2N3O6.H2O/c1-47-32-9-6-24(15-34(32)48-2)33(17-27-28(38)18-42-19-29(27)39)49-36(45)25-5-3-4-22(14-25)20-44(31-16-26(40)7-8-30(31)41)37(46)50-35-21-43-12-10-23(35)11-13-43;/h3-9,14-16,18-19,23,33,35H,10-13,17,20-21H2,1-2H3;1H2/t33-,35-;/m0./s1. The number of pyridine rings is 1. The molecule has 0 saturated carbocycles. The van der Waals surface area contributed by atoms with Crippen LogP contribution in [-0.2, 0) is 22.4 Å². The van der Waals surface area contributed by atoms with Crippen LogP contribution in [0.4, 0.5) is 19.3 Å². The highest BCUT2D eigenvalue weighted by Crippen LogP contribution is 2.36. The highest BCUT2D eigenvalue weighted by Gasteiger charge is 2.38. The largest absolute Gasteiger partial charge is 0.870 e. The van der Waals surface area contributed by atoms with Crippen molar-refractivity contribution in [1.82, 2.24) is 4.90 Å². The average Bonchev–Trinajstić information content (AvgIpc) is 3.13. The SMILES string of the molecule is COc1ccc([C@H](Cc2c(Cl)c[nH+]cc2Cl)OC(=O)c2cccc(CN(C(=O)O[C@H]3CN4CCC3CC4)c3cc(F)ccc3F)c2)cc1OC.[OH-]. The van der Waals surface area contributed by atoms with E-state index in [9.17, 15) is 14.0 Å². The van der Waals surface area contributed by atoms with Crippen molar-refractivity contribution in [2.75, 3.05) is 38.8 Å². The van der Waals surface area contributed by atoms with Crippen molar-refractivity contribution in [1.29, 1.82) is 0 Å². The van der Waals surface area contributed by atoms with E-state index in [-0.39, 0.29) is 41.7 Å². The molecule has 0 unspecified atom stereocenters. The predicted octanol–water partition coefficient (Wildman–Crippen LogP) is 7.30. The molecule has 1 amide bonds. The number of esters is 1. The van der Waals surface area contributed by atoms with Crippen LogP contribution in [0.1, 0.15) is 46.0 Å². The summed E-state index contributed by atoms with van der Waals surface area (Å²) in [5.74, 6) is -1.05. The molecule has 3 aliphatic rings. The summed E-state index contributed by atoms with van der Waals surface area (Å²) in [6.07, 6.45) is 3.07. The van der Waals surface area contributed by atoms with E-state index in [0.29, 0.717) is 44.8 Å². The number of benzene rings is 3. The summed E-state index contributed by atoms with van der Waals surface area (Å²) in [6.45, 7) is 2.28. The second-order valence-corrected chi connectivity index (χ2v) is 13.1. The van der Waals surface area contributed by atoms with Crippen LogP contribution < -0.4 is 19.4 Å². The van der Waals surface area contributed by atoms with Crippen LogP contribution in [0.3, 0.4) is 0 Å². The van der Waals surface area contributed by atoms with Gasteiger partial charge >= 0.3 is 12.1 Å². The van der Waals surface area contributed by atoms with E-state index in [2.05, 4.69) is 9.88 Å². The van der Waals surface area contributed by atoms with Crippen LogP contribution >= 0.6 is 23.2 Å². The maximum atomic E-state index is 15.1. The van der Waals surface area contributed by atoms with Crippen molar-refractivity contribution in [2.24, 2.45) is 5.92 Å². The number of carbonyl (C=O) groups is 2. The van der Waals surface area contributed by atoms with Gasteiger partial charge in [-0.2, -0.15) is 0 Å². The molecule has 10 nitrogen and oxygen atoms in total. The first kappa shape index (κ1) is 37.8. The summed E-state index contributed by atoms with van der Waals surface area (Å²) >= 11 is 12.9. The molecule has 0 radical (unpaired) electrons. The number of methoxy groups -OCH3 is 2. The third-order valence-corrected chi connectivity index (χ3v) is 9.86. The number of fused-ring (bicyclic) bond motifs is 3. The number of nitrogens with zero attached hydrogens (tertiary/aromatic N) is 2. The lowest BCUT2D eigenvalue weighted by atomic mass is 9.86. The monoisotopic (exact) mass is 743 g/mol. The molecule has 4 aromatic rings. The fraction of sp³-hybridized carbons (Fsp3) is 0.324. The predicted molar refractivity (Wildman–Crippen MR) is 185 cm³/mol. The number of nitrogens with one attached hydrogen (secondary N) is 1. The maximum Gasteiger partial charge on any atom is 0.415 e. The number of piperidine rings is 3. The second-order valence-electron chi connectivity index (χ2n) is 12.3. The van der Waals surface area contributed by atoms with E-state index < -0.39 is 29.8 Å². The Morgan fingerprint density at radius 2 is 1.69 bits per heavy atom. The fourth-order valence-corrected chi connectivity index (χ4v) is 7.02. The normalized spacial score (nSPS) is 18.3. The van der Waals surface area contributed by atoms with E-state index in [4.69, 9.17) is 42.1 Å². The Kier molecular flexibility index (Phi) is 12.4. The molecule has 3 fully saturated rings. The van der Waals surface area contributed by atoms with Gasteiger partial charge in [-0.1, -0.05) is 41.4 Å².